The van der Waals surface area contributed by atoms with E-state index < -0.39 is 17.9 Å². The van der Waals surface area contributed by atoms with Gasteiger partial charge in [0.05, 0.1) is 37.4 Å². The van der Waals surface area contributed by atoms with E-state index in [1.165, 1.54) is 19.1 Å². The second kappa shape index (κ2) is 10.6. The Morgan fingerprint density at radius 3 is 2.31 bits per heavy atom. The van der Waals surface area contributed by atoms with Crippen molar-refractivity contribution in [1.29, 1.82) is 5.26 Å². The van der Waals surface area contributed by atoms with Crippen LogP contribution in [0.4, 0.5) is 11.4 Å². The van der Waals surface area contributed by atoms with E-state index in [1.54, 1.807) is 55.5 Å². The van der Waals surface area contributed by atoms with Crippen LogP contribution in [0.1, 0.15) is 30.4 Å². The SMILES string of the molecule is CCC(=O)Nc1cc(N2C(N)=C(C#N)C(c3ccccc3)C(C(=O)OC)=C2C(=O)OC)ccc1C. The number of methoxy groups -OCH3 is 2. The van der Waals surface area contributed by atoms with E-state index in [1.807, 2.05) is 6.92 Å². The van der Waals surface area contributed by atoms with Crippen molar-refractivity contribution < 1.29 is 23.9 Å². The molecule has 180 valence electrons. The fraction of sp³-hybridized carbons (Fsp3) is 0.231. The molecule has 0 fully saturated rings. The molecule has 0 aromatic heterocycles. The Bertz CT molecular complexity index is 1270. The van der Waals surface area contributed by atoms with Gasteiger partial charge >= 0.3 is 11.9 Å². The number of amides is 1. The fourth-order valence-electron chi connectivity index (χ4n) is 3.90. The number of anilines is 2. The van der Waals surface area contributed by atoms with E-state index in [0.29, 0.717) is 16.9 Å². The number of allylic oxidation sites excluding steroid dienone is 1. The van der Waals surface area contributed by atoms with Gasteiger partial charge in [0.25, 0.3) is 0 Å². The van der Waals surface area contributed by atoms with Gasteiger partial charge in [0, 0.05) is 17.8 Å². The van der Waals surface area contributed by atoms with E-state index in [9.17, 15) is 19.6 Å². The zero-order valence-electron chi connectivity index (χ0n) is 19.9. The molecule has 0 saturated heterocycles. The summed E-state index contributed by atoms with van der Waals surface area (Å²) in [5, 5.41) is 12.9. The molecule has 9 heteroatoms. The number of nitrogens with zero attached hydrogens (tertiary/aromatic N) is 2. The molecule has 1 aliphatic rings. The molecule has 1 amide bonds. The molecule has 9 nitrogen and oxygen atoms in total. The van der Waals surface area contributed by atoms with Crippen molar-refractivity contribution in [2.45, 2.75) is 26.2 Å². The van der Waals surface area contributed by atoms with E-state index >= 15 is 0 Å². The number of esters is 2. The van der Waals surface area contributed by atoms with Crippen LogP contribution < -0.4 is 16.0 Å². The molecule has 0 radical (unpaired) electrons. The van der Waals surface area contributed by atoms with Crippen molar-refractivity contribution in [2.75, 3.05) is 24.4 Å². The number of hydrogen-bond donors (Lipinski definition) is 2. The third kappa shape index (κ3) is 4.73. The number of benzene rings is 2. The molecule has 0 bridgehead atoms. The first-order valence-corrected chi connectivity index (χ1v) is 10.8. The van der Waals surface area contributed by atoms with Gasteiger partial charge in [0.15, 0.2) is 0 Å². The Morgan fingerprint density at radius 2 is 1.74 bits per heavy atom. The second-order valence-corrected chi connectivity index (χ2v) is 7.74. The lowest BCUT2D eigenvalue weighted by Crippen LogP contribution is -2.40. The number of carbonyl (C=O) groups is 3. The highest BCUT2D eigenvalue weighted by atomic mass is 16.5. The summed E-state index contributed by atoms with van der Waals surface area (Å²) in [5.41, 5.74) is 8.48. The van der Waals surface area contributed by atoms with Crippen molar-refractivity contribution in [2.24, 2.45) is 5.73 Å². The lowest BCUT2D eigenvalue weighted by atomic mass is 9.81. The number of nitrogens with one attached hydrogen (secondary N) is 1. The summed E-state index contributed by atoms with van der Waals surface area (Å²) in [7, 11) is 2.37. The van der Waals surface area contributed by atoms with Crippen molar-refractivity contribution in [3.05, 3.63) is 82.3 Å². The number of ether oxygens (including phenoxy) is 2. The Hall–Kier alpha value is -4.58. The summed E-state index contributed by atoms with van der Waals surface area (Å²) in [6, 6.07) is 15.9. The van der Waals surface area contributed by atoms with E-state index in [2.05, 4.69) is 11.4 Å². The molecule has 3 N–H and O–H groups in total. The van der Waals surface area contributed by atoms with Crippen LogP contribution in [0.2, 0.25) is 0 Å². The molecule has 3 rings (SSSR count). The van der Waals surface area contributed by atoms with Gasteiger partial charge in [-0.3, -0.25) is 9.69 Å². The van der Waals surface area contributed by atoms with Gasteiger partial charge in [-0.15, -0.1) is 0 Å². The van der Waals surface area contributed by atoms with Crippen LogP contribution in [-0.2, 0) is 23.9 Å². The number of hydrogen-bond acceptors (Lipinski definition) is 8. The van der Waals surface area contributed by atoms with Gasteiger partial charge in [0.1, 0.15) is 11.5 Å². The molecule has 1 unspecified atom stereocenters. The number of nitriles is 1. The minimum atomic E-state index is -0.955. The Kier molecular flexibility index (Phi) is 7.56. The van der Waals surface area contributed by atoms with Crippen LogP contribution in [0.3, 0.4) is 0 Å². The largest absolute Gasteiger partial charge is 0.466 e. The van der Waals surface area contributed by atoms with E-state index in [-0.39, 0.29) is 35.0 Å². The zero-order valence-corrected chi connectivity index (χ0v) is 19.9. The van der Waals surface area contributed by atoms with Crippen LogP contribution in [0.5, 0.6) is 0 Å². The topological polar surface area (TPSA) is 135 Å². The Balaban J connectivity index is 2.36. The number of nitrogens with two attached hydrogens (primary N) is 1. The number of rotatable bonds is 6. The molecular weight excluding hydrogens is 448 g/mol. The predicted molar refractivity (Wildman–Crippen MR) is 130 cm³/mol. The quantitative estimate of drug-likeness (QED) is 0.609. The molecule has 1 heterocycles. The normalized spacial score (nSPS) is 15.4. The summed E-state index contributed by atoms with van der Waals surface area (Å²) in [5.74, 6) is -2.86. The summed E-state index contributed by atoms with van der Waals surface area (Å²) in [4.78, 5) is 39.5. The molecule has 1 aliphatic heterocycles. The minimum absolute atomic E-state index is 0.0500. The summed E-state index contributed by atoms with van der Waals surface area (Å²) in [6.45, 7) is 3.54. The minimum Gasteiger partial charge on any atom is -0.466 e. The summed E-state index contributed by atoms with van der Waals surface area (Å²) >= 11 is 0. The third-order valence-corrected chi connectivity index (χ3v) is 5.68. The van der Waals surface area contributed by atoms with Crippen molar-refractivity contribution in [1.82, 2.24) is 0 Å². The highest BCUT2D eigenvalue weighted by Gasteiger charge is 2.43. The summed E-state index contributed by atoms with van der Waals surface area (Å²) in [6.07, 6.45) is 0.270. The second-order valence-electron chi connectivity index (χ2n) is 7.74. The number of aryl methyl sites for hydroxylation is 1. The lowest BCUT2D eigenvalue weighted by Gasteiger charge is -2.36. The first-order valence-electron chi connectivity index (χ1n) is 10.8. The van der Waals surface area contributed by atoms with Gasteiger partial charge in [-0.1, -0.05) is 43.3 Å². The lowest BCUT2D eigenvalue weighted by molar-refractivity contribution is -0.139. The molecule has 2 aromatic rings. The van der Waals surface area contributed by atoms with Gasteiger partial charge in [-0.2, -0.15) is 5.26 Å². The molecule has 0 spiro atoms. The first kappa shape index (κ1) is 25.1. The summed E-state index contributed by atoms with van der Waals surface area (Å²) < 4.78 is 10.1. The third-order valence-electron chi connectivity index (χ3n) is 5.68. The van der Waals surface area contributed by atoms with Crippen LogP contribution in [0.25, 0.3) is 0 Å². The maximum Gasteiger partial charge on any atom is 0.355 e. The zero-order chi connectivity index (χ0) is 25.7. The van der Waals surface area contributed by atoms with Crippen LogP contribution in [-0.4, -0.2) is 32.1 Å². The molecular formula is C26H26N4O5. The van der Waals surface area contributed by atoms with Crippen molar-refractivity contribution >= 4 is 29.2 Å². The van der Waals surface area contributed by atoms with Gasteiger partial charge in [-0.05, 0) is 30.2 Å². The smallest absolute Gasteiger partial charge is 0.355 e. The van der Waals surface area contributed by atoms with Gasteiger partial charge in [0.2, 0.25) is 5.91 Å². The molecule has 0 aliphatic carbocycles. The highest BCUT2D eigenvalue weighted by Crippen LogP contribution is 2.43. The molecule has 35 heavy (non-hydrogen) atoms. The first-order chi connectivity index (χ1) is 16.8. The maximum atomic E-state index is 13.1. The van der Waals surface area contributed by atoms with Gasteiger partial charge < -0.3 is 20.5 Å². The predicted octanol–water partition coefficient (Wildman–Crippen LogP) is 3.24. The van der Waals surface area contributed by atoms with Crippen LogP contribution in [0.15, 0.2) is 71.2 Å². The van der Waals surface area contributed by atoms with E-state index in [4.69, 9.17) is 15.2 Å². The Morgan fingerprint density at radius 1 is 1.09 bits per heavy atom. The standard InChI is InChI=1S/C26H26N4O5/c1-5-20(31)29-19-13-17(12-11-15(19)2)30-23(26(33)35-4)22(25(32)34-3)21(18(14-27)24(30)28)16-9-7-6-8-10-16/h6-13,21H,5,28H2,1-4H3,(H,29,31). The molecule has 1 atom stereocenters. The number of carbonyl (C=O) groups excluding carboxylic acids is 3. The fourth-order valence-corrected chi connectivity index (χ4v) is 3.90. The van der Waals surface area contributed by atoms with Crippen LogP contribution in [0, 0.1) is 18.3 Å². The molecule has 2 aromatic carbocycles. The molecule has 0 saturated carbocycles. The maximum absolute atomic E-state index is 13.1. The average Bonchev–Trinajstić information content (AvgIpc) is 2.88. The van der Waals surface area contributed by atoms with Crippen molar-refractivity contribution in [3.63, 3.8) is 0 Å². The van der Waals surface area contributed by atoms with Crippen molar-refractivity contribution in [3.8, 4) is 6.07 Å². The Labute approximate surface area is 203 Å². The highest BCUT2D eigenvalue weighted by molar-refractivity contribution is 6.06. The van der Waals surface area contributed by atoms with Crippen LogP contribution >= 0.6 is 0 Å². The average molecular weight is 475 g/mol. The van der Waals surface area contributed by atoms with Gasteiger partial charge in [-0.25, -0.2) is 9.59 Å². The van der Waals surface area contributed by atoms with E-state index in [0.717, 1.165) is 5.56 Å². The monoisotopic (exact) mass is 474 g/mol.